The third-order valence-corrected chi connectivity index (χ3v) is 2.44. The molecular weight excluding hydrogens is 178 g/mol. The van der Waals surface area contributed by atoms with Crippen molar-refractivity contribution in [1.29, 1.82) is 5.26 Å². The molecule has 0 aliphatic carbocycles. The Kier molecular flexibility index (Phi) is 2.38. The Morgan fingerprint density at radius 2 is 2.43 bits per heavy atom. The lowest BCUT2D eigenvalue weighted by molar-refractivity contribution is 0.147. The van der Waals surface area contributed by atoms with Gasteiger partial charge in [-0.2, -0.15) is 5.26 Å². The van der Waals surface area contributed by atoms with Crippen LogP contribution in [-0.4, -0.2) is 18.3 Å². The fourth-order valence-corrected chi connectivity index (χ4v) is 1.62. The molecule has 0 unspecified atom stereocenters. The highest BCUT2D eigenvalue weighted by Gasteiger charge is 2.19. The molecule has 2 rings (SSSR count). The molecule has 0 saturated carbocycles. The van der Waals surface area contributed by atoms with E-state index >= 15 is 0 Å². The number of nitrogens with zero attached hydrogens (tertiary/aromatic N) is 1. The number of rotatable bonds is 1. The summed E-state index contributed by atoms with van der Waals surface area (Å²) in [4.78, 5) is 0. The van der Waals surface area contributed by atoms with Crippen molar-refractivity contribution >= 4 is 0 Å². The molecule has 72 valence electrons. The number of ether oxygens (including phenoxy) is 1. The van der Waals surface area contributed by atoms with E-state index < -0.39 is 0 Å². The minimum atomic E-state index is 0.152. The van der Waals surface area contributed by atoms with Gasteiger partial charge in [0.15, 0.2) is 0 Å². The molecule has 3 nitrogen and oxygen atoms in total. The Morgan fingerprint density at radius 1 is 1.57 bits per heavy atom. The van der Waals surface area contributed by atoms with Crippen LogP contribution in [0.2, 0.25) is 0 Å². The van der Waals surface area contributed by atoms with Crippen molar-refractivity contribution in [3.63, 3.8) is 0 Å². The third kappa shape index (κ3) is 1.57. The van der Waals surface area contributed by atoms with E-state index in [1.807, 2.05) is 6.07 Å². The average molecular weight is 189 g/mol. The molecule has 1 heterocycles. The summed E-state index contributed by atoms with van der Waals surface area (Å²) < 4.78 is 5.46. The lowest BCUT2D eigenvalue weighted by Gasteiger charge is -2.23. The number of benzene rings is 1. The molecule has 0 aromatic heterocycles. The van der Waals surface area contributed by atoms with Crippen LogP contribution in [0.25, 0.3) is 0 Å². The number of nitriles is 1. The monoisotopic (exact) mass is 189 g/mol. The summed E-state index contributed by atoms with van der Waals surface area (Å²) in [6.07, 6.45) is 0.831. The standard InChI is InChI=1S/C11H11NO2/c12-5-8-1-2-10-3-9(6-13)7-14-11(10)4-8/h1-2,4,9,13H,3,6-7H2/t9-/m0/s1. The van der Waals surface area contributed by atoms with Gasteiger partial charge in [0.2, 0.25) is 0 Å². The maximum Gasteiger partial charge on any atom is 0.123 e. The van der Waals surface area contributed by atoms with Crippen molar-refractivity contribution in [3.8, 4) is 11.8 Å². The van der Waals surface area contributed by atoms with Crippen molar-refractivity contribution in [3.05, 3.63) is 29.3 Å². The maximum absolute atomic E-state index is 8.99. The molecule has 14 heavy (non-hydrogen) atoms. The Hall–Kier alpha value is -1.53. The second-order valence-corrected chi connectivity index (χ2v) is 3.50. The summed E-state index contributed by atoms with van der Waals surface area (Å²) in [5, 5.41) is 17.7. The largest absolute Gasteiger partial charge is 0.493 e. The summed E-state index contributed by atoms with van der Waals surface area (Å²) in [6, 6.07) is 7.50. The van der Waals surface area contributed by atoms with E-state index in [0.29, 0.717) is 12.2 Å². The molecule has 1 atom stereocenters. The van der Waals surface area contributed by atoms with Crippen molar-refractivity contribution in [2.75, 3.05) is 13.2 Å². The van der Waals surface area contributed by atoms with Gasteiger partial charge in [0.25, 0.3) is 0 Å². The minimum Gasteiger partial charge on any atom is -0.493 e. The van der Waals surface area contributed by atoms with Crippen LogP contribution >= 0.6 is 0 Å². The highest BCUT2D eigenvalue weighted by atomic mass is 16.5. The SMILES string of the molecule is N#Cc1ccc2c(c1)OC[C@H](CO)C2. The second kappa shape index (κ2) is 3.69. The average Bonchev–Trinajstić information content (AvgIpc) is 2.27. The van der Waals surface area contributed by atoms with Gasteiger partial charge < -0.3 is 9.84 Å². The van der Waals surface area contributed by atoms with Gasteiger partial charge in [0.05, 0.1) is 18.2 Å². The Labute approximate surface area is 82.6 Å². The van der Waals surface area contributed by atoms with Crippen LogP contribution < -0.4 is 4.74 Å². The molecule has 0 spiro atoms. The van der Waals surface area contributed by atoms with Crippen molar-refractivity contribution < 1.29 is 9.84 Å². The first-order chi connectivity index (χ1) is 6.83. The lowest BCUT2D eigenvalue weighted by Crippen LogP contribution is -2.23. The van der Waals surface area contributed by atoms with E-state index in [-0.39, 0.29) is 12.5 Å². The zero-order valence-electron chi connectivity index (χ0n) is 7.73. The van der Waals surface area contributed by atoms with E-state index in [4.69, 9.17) is 15.1 Å². The Bertz CT molecular complexity index is 381. The molecule has 0 fully saturated rings. The van der Waals surface area contributed by atoms with E-state index in [2.05, 4.69) is 6.07 Å². The van der Waals surface area contributed by atoms with Crippen LogP contribution in [0.3, 0.4) is 0 Å². The predicted octanol–water partition coefficient (Wildman–Crippen LogP) is 1.10. The van der Waals surface area contributed by atoms with E-state index in [0.717, 1.165) is 17.7 Å². The predicted molar refractivity (Wildman–Crippen MR) is 50.9 cm³/mol. The van der Waals surface area contributed by atoms with Crippen LogP contribution in [0.1, 0.15) is 11.1 Å². The van der Waals surface area contributed by atoms with Gasteiger partial charge in [-0.3, -0.25) is 0 Å². The Morgan fingerprint density at radius 3 is 3.14 bits per heavy atom. The lowest BCUT2D eigenvalue weighted by atomic mass is 9.96. The summed E-state index contributed by atoms with van der Waals surface area (Å²) in [7, 11) is 0. The third-order valence-electron chi connectivity index (χ3n) is 2.44. The summed E-state index contributed by atoms with van der Waals surface area (Å²) in [5.41, 5.74) is 1.69. The van der Waals surface area contributed by atoms with Crippen LogP contribution in [-0.2, 0) is 6.42 Å². The van der Waals surface area contributed by atoms with Crippen molar-refractivity contribution in [2.45, 2.75) is 6.42 Å². The Balaban J connectivity index is 2.29. The first kappa shape index (κ1) is 9.04. The number of aliphatic hydroxyl groups excluding tert-OH is 1. The first-order valence-corrected chi connectivity index (χ1v) is 4.60. The summed E-state index contributed by atoms with van der Waals surface area (Å²) in [6.45, 7) is 0.692. The van der Waals surface area contributed by atoms with Crippen LogP contribution in [0.5, 0.6) is 5.75 Å². The van der Waals surface area contributed by atoms with Crippen molar-refractivity contribution in [1.82, 2.24) is 0 Å². The molecule has 1 N–H and O–H groups in total. The molecular formula is C11H11NO2. The highest BCUT2D eigenvalue weighted by Crippen LogP contribution is 2.27. The van der Waals surface area contributed by atoms with E-state index in [9.17, 15) is 0 Å². The van der Waals surface area contributed by atoms with Gasteiger partial charge in [-0.25, -0.2) is 0 Å². The van der Waals surface area contributed by atoms with Crippen LogP contribution in [0, 0.1) is 17.2 Å². The van der Waals surface area contributed by atoms with Gasteiger partial charge in [0.1, 0.15) is 5.75 Å². The maximum atomic E-state index is 8.99. The molecule has 0 saturated heterocycles. The molecule has 0 bridgehead atoms. The van der Waals surface area contributed by atoms with Gasteiger partial charge >= 0.3 is 0 Å². The topological polar surface area (TPSA) is 53.2 Å². The molecule has 1 aliphatic heterocycles. The molecule has 1 aromatic rings. The zero-order valence-corrected chi connectivity index (χ0v) is 7.73. The van der Waals surface area contributed by atoms with Crippen LogP contribution in [0.15, 0.2) is 18.2 Å². The van der Waals surface area contributed by atoms with Crippen molar-refractivity contribution in [2.24, 2.45) is 5.92 Å². The van der Waals surface area contributed by atoms with E-state index in [1.165, 1.54) is 0 Å². The zero-order chi connectivity index (χ0) is 9.97. The quantitative estimate of drug-likeness (QED) is 0.719. The number of fused-ring (bicyclic) bond motifs is 1. The first-order valence-electron chi connectivity index (χ1n) is 4.60. The fraction of sp³-hybridized carbons (Fsp3) is 0.364. The molecule has 0 amide bonds. The van der Waals surface area contributed by atoms with Gasteiger partial charge in [-0.05, 0) is 24.1 Å². The molecule has 1 aromatic carbocycles. The highest BCUT2D eigenvalue weighted by molar-refractivity contribution is 5.43. The molecule has 3 heteroatoms. The normalized spacial score (nSPS) is 19.3. The van der Waals surface area contributed by atoms with Gasteiger partial charge in [0, 0.05) is 12.5 Å². The summed E-state index contributed by atoms with van der Waals surface area (Å²) >= 11 is 0. The molecule has 1 aliphatic rings. The van der Waals surface area contributed by atoms with E-state index in [1.54, 1.807) is 12.1 Å². The smallest absolute Gasteiger partial charge is 0.123 e. The minimum absolute atomic E-state index is 0.152. The number of aliphatic hydroxyl groups is 1. The summed E-state index contributed by atoms with van der Waals surface area (Å²) in [5.74, 6) is 0.976. The number of hydrogen-bond acceptors (Lipinski definition) is 3. The van der Waals surface area contributed by atoms with Gasteiger partial charge in [-0.1, -0.05) is 6.07 Å². The van der Waals surface area contributed by atoms with Gasteiger partial charge in [-0.15, -0.1) is 0 Å². The number of hydrogen-bond donors (Lipinski definition) is 1. The second-order valence-electron chi connectivity index (χ2n) is 3.50. The molecule has 0 radical (unpaired) electrons. The fourth-order valence-electron chi connectivity index (χ4n) is 1.62. The van der Waals surface area contributed by atoms with Crippen LogP contribution in [0.4, 0.5) is 0 Å².